The van der Waals surface area contributed by atoms with Crippen molar-refractivity contribution in [2.24, 2.45) is 5.41 Å². The third-order valence-electron chi connectivity index (χ3n) is 4.57. The average molecular weight is 269 g/mol. The van der Waals surface area contributed by atoms with E-state index in [0.29, 0.717) is 13.2 Å². The van der Waals surface area contributed by atoms with Crippen LogP contribution in [0.25, 0.3) is 0 Å². The molecular weight excluding hydrogens is 246 g/mol. The van der Waals surface area contributed by atoms with Crippen LogP contribution in [0.2, 0.25) is 0 Å². The summed E-state index contributed by atoms with van der Waals surface area (Å²) in [5.74, 6) is -0.837. The Labute approximate surface area is 113 Å². The van der Waals surface area contributed by atoms with Crippen LogP contribution in [0, 0.1) is 5.41 Å². The molecule has 19 heavy (non-hydrogen) atoms. The van der Waals surface area contributed by atoms with Gasteiger partial charge in [-0.05, 0) is 19.3 Å². The van der Waals surface area contributed by atoms with Crippen molar-refractivity contribution in [2.75, 3.05) is 19.7 Å². The van der Waals surface area contributed by atoms with Crippen molar-refractivity contribution in [2.45, 2.75) is 51.6 Å². The fourth-order valence-corrected chi connectivity index (χ4v) is 3.27. The summed E-state index contributed by atoms with van der Waals surface area (Å²) in [6.07, 6.45) is 5.28. The number of morpholine rings is 1. The predicted molar refractivity (Wildman–Crippen MR) is 69.8 cm³/mol. The van der Waals surface area contributed by atoms with Crippen molar-refractivity contribution in [3.05, 3.63) is 0 Å². The number of aliphatic carboxylic acids is 1. The van der Waals surface area contributed by atoms with Gasteiger partial charge in [0.05, 0.1) is 13.2 Å². The third kappa shape index (κ3) is 2.91. The lowest BCUT2D eigenvalue weighted by Gasteiger charge is -2.41. The highest BCUT2D eigenvalue weighted by Crippen LogP contribution is 2.41. The summed E-state index contributed by atoms with van der Waals surface area (Å²) in [5.41, 5.74) is -0.251. The summed E-state index contributed by atoms with van der Waals surface area (Å²) in [4.78, 5) is 25.4. The number of carboxylic acid groups (broad SMARTS) is 1. The van der Waals surface area contributed by atoms with Crippen LogP contribution >= 0.6 is 0 Å². The maximum absolute atomic E-state index is 12.8. The Kier molecular flexibility index (Phi) is 4.45. The first-order chi connectivity index (χ1) is 9.09. The summed E-state index contributed by atoms with van der Waals surface area (Å²) in [7, 11) is 0. The van der Waals surface area contributed by atoms with Crippen LogP contribution < -0.4 is 0 Å². The van der Waals surface area contributed by atoms with Crippen molar-refractivity contribution in [1.29, 1.82) is 0 Å². The van der Waals surface area contributed by atoms with Crippen molar-refractivity contribution in [3.63, 3.8) is 0 Å². The molecule has 1 aliphatic heterocycles. The third-order valence-corrected chi connectivity index (χ3v) is 4.57. The Balaban J connectivity index is 2.06. The second-order valence-corrected chi connectivity index (χ2v) is 5.64. The Hall–Kier alpha value is -1.10. The van der Waals surface area contributed by atoms with Gasteiger partial charge in [0.15, 0.2) is 6.10 Å². The molecular formula is C14H23NO4. The molecule has 2 fully saturated rings. The van der Waals surface area contributed by atoms with Gasteiger partial charge in [0.1, 0.15) is 0 Å². The maximum atomic E-state index is 12.8. The van der Waals surface area contributed by atoms with Gasteiger partial charge in [0, 0.05) is 12.0 Å². The van der Waals surface area contributed by atoms with Crippen LogP contribution in [0.15, 0.2) is 0 Å². The first-order valence-electron chi connectivity index (χ1n) is 7.23. The minimum atomic E-state index is -0.980. The highest BCUT2D eigenvalue weighted by atomic mass is 16.5. The highest BCUT2D eigenvalue weighted by molar-refractivity contribution is 5.84. The number of hydrogen-bond acceptors (Lipinski definition) is 3. The molecule has 0 bridgehead atoms. The monoisotopic (exact) mass is 269 g/mol. The summed E-state index contributed by atoms with van der Waals surface area (Å²) < 4.78 is 5.18. The molecule has 1 heterocycles. The molecule has 2 aliphatic rings. The number of rotatable bonds is 3. The standard InChI is InChI=1S/C14H23NO4/c1-2-14(6-4-3-5-7-14)13(18)15-8-9-19-11(10-15)12(16)17/h11H,2-10H2,1H3,(H,16,17). The Bertz CT molecular complexity index is 349. The van der Waals surface area contributed by atoms with Gasteiger partial charge in [-0.15, -0.1) is 0 Å². The molecule has 5 nitrogen and oxygen atoms in total. The molecule has 0 aromatic heterocycles. The lowest BCUT2D eigenvalue weighted by atomic mass is 9.71. The SMILES string of the molecule is CCC1(C(=O)N2CCOC(C(=O)O)C2)CCCCC1. The second kappa shape index (κ2) is 5.90. The second-order valence-electron chi connectivity index (χ2n) is 5.64. The van der Waals surface area contributed by atoms with E-state index in [1.54, 1.807) is 4.90 Å². The van der Waals surface area contributed by atoms with E-state index < -0.39 is 12.1 Å². The van der Waals surface area contributed by atoms with Gasteiger partial charge in [-0.25, -0.2) is 4.79 Å². The largest absolute Gasteiger partial charge is 0.479 e. The zero-order valence-corrected chi connectivity index (χ0v) is 11.6. The van der Waals surface area contributed by atoms with Gasteiger partial charge in [-0.1, -0.05) is 26.2 Å². The van der Waals surface area contributed by atoms with E-state index >= 15 is 0 Å². The zero-order valence-electron chi connectivity index (χ0n) is 11.6. The van der Waals surface area contributed by atoms with E-state index in [1.165, 1.54) is 6.42 Å². The smallest absolute Gasteiger partial charge is 0.334 e. The molecule has 1 N–H and O–H groups in total. The Morgan fingerprint density at radius 2 is 2.00 bits per heavy atom. The average Bonchev–Trinajstić information content (AvgIpc) is 2.47. The van der Waals surface area contributed by atoms with Gasteiger partial charge in [-0.2, -0.15) is 0 Å². The molecule has 0 radical (unpaired) electrons. The van der Waals surface area contributed by atoms with Gasteiger partial charge >= 0.3 is 5.97 Å². The topological polar surface area (TPSA) is 66.8 Å². The molecule has 1 unspecified atom stereocenters. The number of carbonyl (C=O) groups excluding carboxylic acids is 1. The minimum Gasteiger partial charge on any atom is -0.479 e. The van der Waals surface area contributed by atoms with E-state index in [0.717, 1.165) is 32.1 Å². The number of hydrogen-bond donors (Lipinski definition) is 1. The molecule has 1 aliphatic carbocycles. The van der Waals surface area contributed by atoms with Crippen molar-refractivity contribution >= 4 is 11.9 Å². The molecule has 5 heteroatoms. The molecule has 1 atom stereocenters. The molecule has 2 rings (SSSR count). The van der Waals surface area contributed by atoms with E-state index in [1.807, 2.05) is 0 Å². The van der Waals surface area contributed by atoms with E-state index in [-0.39, 0.29) is 17.9 Å². The van der Waals surface area contributed by atoms with Crippen molar-refractivity contribution in [3.8, 4) is 0 Å². The lowest BCUT2D eigenvalue weighted by Crippen LogP contribution is -2.53. The molecule has 0 spiro atoms. The lowest BCUT2D eigenvalue weighted by molar-refractivity contribution is -0.163. The summed E-state index contributed by atoms with van der Waals surface area (Å²) in [6.45, 7) is 3.10. The van der Waals surface area contributed by atoms with Crippen molar-refractivity contribution in [1.82, 2.24) is 4.90 Å². The Morgan fingerprint density at radius 1 is 1.32 bits per heavy atom. The van der Waals surface area contributed by atoms with Crippen LogP contribution in [0.4, 0.5) is 0 Å². The van der Waals surface area contributed by atoms with E-state index in [4.69, 9.17) is 9.84 Å². The first-order valence-corrected chi connectivity index (χ1v) is 7.23. The maximum Gasteiger partial charge on any atom is 0.334 e. The quantitative estimate of drug-likeness (QED) is 0.846. The summed E-state index contributed by atoms with van der Waals surface area (Å²) in [6, 6.07) is 0. The van der Waals surface area contributed by atoms with Crippen LogP contribution in [0.3, 0.4) is 0 Å². The van der Waals surface area contributed by atoms with E-state index in [9.17, 15) is 9.59 Å². The zero-order chi connectivity index (χ0) is 13.9. The molecule has 1 amide bonds. The Morgan fingerprint density at radius 3 is 2.58 bits per heavy atom. The summed E-state index contributed by atoms with van der Waals surface area (Å²) >= 11 is 0. The normalized spacial score (nSPS) is 27.0. The number of carboxylic acids is 1. The number of nitrogens with zero attached hydrogens (tertiary/aromatic N) is 1. The molecule has 0 aromatic carbocycles. The van der Waals surface area contributed by atoms with Crippen LogP contribution in [-0.4, -0.2) is 47.7 Å². The molecule has 1 saturated heterocycles. The first kappa shape index (κ1) is 14.3. The minimum absolute atomic E-state index is 0.143. The number of carbonyl (C=O) groups is 2. The van der Waals surface area contributed by atoms with Crippen LogP contribution in [0.1, 0.15) is 45.4 Å². The van der Waals surface area contributed by atoms with Crippen LogP contribution in [-0.2, 0) is 14.3 Å². The number of ether oxygens (including phenoxy) is 1. The van der Waals surface area contributed by atoms with Crippen molar-refractivity contribution < 1.29 is 19.4 Å². The predicted octanol–water partition coefficient (Wildman–Crippen LogP) is 1.66. The molecule has 108 valence electrons. The molecule has 1 saturated carbocycles. The molecule has 0 aromatic rings. The fourth-order valence-electron chi connectivity index (χ4n) is 3.27. The summed E-state index contributed by atoms with van der Waals surface area (Å²) in [5, 5.41) is 9.01. The van der Waals surface area contributed by atoms with Gasteiger partial charge in [0.2, 0.25) is 5.91 Å². The van der Waals surface area contributed by atoms with Gasteiger partial charge in [0.25, 0.3) is 0 Å². The van der Waals surface area contributed by atoms with Gasteiger partial charge in [-0.3, -0.25) is 4.79 Å². The fraction of sp³-hybridized carbons (Fsp3) is 0.857. The highest BCUT2D eigenvalue weighted by Gasteiger charge is 2.42. The van der Waals surface area contributed by atoms with Crippen LogP contribution in [0.5, 0.6) is 0 Å². The van der Waals surface area contributed by atoms with E-state index in [2.05, 4.69) is 6.92 Å². The number of amides is 1. The van der Waals surface area contributed by atoms with Gasteiger partial charge < -0.3 is 14.7 Å².